The zero-order valence-electron chi connectivity index (χ0n) is 20.7. The van der Waals surface area contributed by atoms with Crippen molar-refractivity contribution in [3.05, 3.63) is 89.5 Å². The van der Waals surface area contributed by atoms with Crippen molar-refractivity contribution in [1.82, 2.24) is 9.47 Å². The third-order valence-corrected chi connectivity index (χ3v) is 5.79. The van der Waals surface area contributed by atoms with Crippen molar-refractivity contribution in [3.8, 4) is 11.6 Å². The minimum absolute atomic E-state index is 0.110. The van der Waals surface area contributed by atoms with Gasteiger partial charge >= 0.3 is 0 Å². The van der Waals surface area contributed by atoms with Crippen LogP contribution in [0.4, 0.5) is 5.69 Å². The minimum atomic E-state index is -0.257. The molecule has 4 aromatic rings. The molecule has 0 aliphatic carbocycles. The fraction of sp³-hybridized carbons (Fsp3) is 0.241. The van der Waals surface area contributed by atoms with Crippen LogP contribution in [0.3, 0.4) is 0 Å². The standard InChI is InChI=1S/C29H31N3O3/c1-20-11-16-25-26(19-20)32(21(2)33)29(34)27(25)28(22-9-6-5-7-10-22)30-23-12-14-24(15-13-23)35-18-8-17-31(3)4/h5-7,9-16,19,34H,8,17-18H2,1-4H3. The van der Waals surface area contributed by atoms with Crippen molar-refractivity contribution in [2.45, 2.75) is 20.3 Å². The van der Waals surface area contributed by atoms with Crippen molar-refractivity contribution in [3.63, 3.8) is 0 Å². The predicted molar refractivity (Wildman–Crippen MR) is 141 cm³/mol. The normalized spacial score (nSPS) is 11.9. The summed E-state index contributed by atoms with van der Waals surface area (Å²) in [6, 6.07) is 23.1. The average molecular weight is 470 g/mol. The van der Waals surface area contributed by atoms with Gasteiger partial charge in [0.1, 0.15) is 5.75 Å². The first kappa shape index (κ1) is 24.2. The lowest BCUT2D eigenvalue weighted by molar-refractivity contribution is 0.0933. The Morgan fingerprint density at radius 1 is 1.03 bits per heavy atom. The molecule has 0 amide bonds. The number of hydrogen-bond donors (Lipinski definition) is 1. The summed E-state index contributed by atoms with van der Waals surface area (Å²) in [6.07, 6.45) is 0.948. The zero-order chi connectivity index (χ0) is 24.9. The molecule has 6 nitrogen and oxygen atoms in total. The highest BCUT2D eigenvalue weighted by molar-refractivity contribution is 6.23. The van der Waals surface area contributed by atoms with E-state index in [-0.39, 0.29) is 11.8 Å². The molecule has 1 heterocycles. The summed E-state index contributed by atoms with van der Waals surface area (Å²) in [7, 11) is 4.09. The number of ether oxygens (including phenoxy) is 1. The van der Waals surface area contributed by atoms with Crippen LogP contribution in [0.15, 0.2) is 77.8 Å². The van der Waals surface area contributed by atoms with Gasteiger partial charge in [0.05, 0.1) is 29.1 Å². The van der Waals surface area contributed by atoms with E-state index in [9.17, 15) is 9.90 Å². The molecule has 0 saturated heterocycles. The monoisotopic (exact) mass is 469 g/mol. The van der Waals surface area contributed by atoms with Crippen molar-refractivity contribution in [1.29, 1.82) is 0 Å². The minimum Gasteiger partial charge on any atom is -0.494 e. The maximum Gasteiger partial charge on any atom is 0.230 e. The molecule has 0 radical (unpaired) electrons. The van der Waals surface area contributed by atoms with Crippen molar-refractivity contribution in [2.24, 2.45) is 4.99 Å². The van der Waals surface area contributed by atoms with E-state index in [1.54, 1.807) is 0 Å². The van der Waals surface area contributed by atoms with Gasteiger partial charge in [0.25, 0.3) is 0 Å². The SMILES string of the molecule is CC(=O)n1c(O)c(C(=Nc2ccc(OCCCN(C)C)cc2)c2ccccc2)c2ccc(C)cc21. The number of aromatic nitrogens is 1. The Labute approximate surface area is 206 Å². The molecule has 35 heavy (non-hydrogen) atoms. The van der Waals surface area contributed by atoms with E-state index in [1.165, 1.54) is 11.5 Å². The summed E-state index contributed by atoms with van der Waals surface area (Å²) >= 11 is 0. The van der Waals surface area contributed by atoms with Gasteiger partial charge < -0.3 is 14.7 Å². The number of aryl methyl sites for hydroxylation is 1. The quantitative estimate of drug-likeness (QED) is 0.261. The van der Waals surface area contributed by atoms with Gasteiger partial charge in [-0.2, -0.15) is 0 Å². The Hall–Kier alpha value is -3.90. The lowest BCUT2D eigenvalue weighted by Crippen LogP contribution is -2.15. The number of fused-ring (bicyclic) bond motifs is 1. The Morgan fingerprint density at radius 2 is 1.74 bits per heavy atom. The smallest absolute Gasteiger partial charge is 0.230 e. The maximum atomic E-state index is 12.5. The van der Waals surface area contributed by atoms with E-state index in [0.717, 1.165) is 40.9 Å². The first-order chi connectivity index (χ1) is 16.8. The van der Waals surface area contributed by atoms with Crippen LogP contribution in [-0.2, 0) is 0 Å². The predicted octanol–water partition coefficient (Wildman–Crippen LogP) is 5.82. The molecule has 0 fully saturated rings. The van der Waals surface area contributed by atoms with E-state index in [1.807, 2.05) is 93.8 Å². The first-order valence-electron chi connectivity index (χ1n) is 11.7. The van der Waals surface area contributed by atoms with Crippen LogP contribution in [0.2, 0.25) is 0 Å². The Morgan fingerprint density at radius 3 is 2.40 bits per heavy atom. The molecule has 4 rings (SSSR count). The highest BCUT2D eigenvalue weighted by Crippen LogP contribution is 2.35. The maximum absolute atomic E-state index is 12.5. The summed E-state index contributed by atoms with van der Waals surface area (Å²) in [5, 5.41) is 12.0. The zero-order valence-corrected chi connectivity index (χ0v) is 20.7. The largest absolute Gasteiger partial charge is 0.494 e. The van der Waals surface area contributed by atoms with E-state index in [2.05, 4.69) is 4.90 Å². The number of aromatic hydroxyl groups is 1. The van der Waals surface area contributed by atoms with E-state index < -0.39 is 0 Å². The van der Waals surface area contributed by atoms with Crippen LogP contribution in [0, 0.1) is 6.92 Å². The fourth-order valence-electron chi connectivity index (χ4n) is 4.11. The Balaban J connectivity index is 1.77. The summed E-state index contributed by atoms with van der Waals surface area (Å²) in [6.45, 7) is 5.03. The molecule has 1 N–H and O–H groups in total. The van der Waals surface area contributed by atoms with Gasteiger partial charge in [0, 0.05) is 24.4 Å². The topological polar surface area (TPSA) is 67.1 Å². The summed E-state index contributed by atoms with van der Waals surface area (Å²) in [5.41, 5.74) is 4.36. The number of carbonyl (C=O) groups is 1. The summed E-state index contributed by atoms with van der Waals surface area (Å²) < 4.78 is 7.20. The Bertz CT molecular complexity index is 1350. The van der Waals surface area contributed by atoms with E-state index in [4.69, 9.17) is 9.73 Å². The van der Waals surface area contributed by atoms with Crippen LogP contribution in [-0.4, -0.2) is 53.4 Å². The Kier molecular flexibility index (Phi) is 7.32. The second-order valence-corrected chi connectivity index (χ2v) is 8.90. The van der Waals surface area contributed by atoms with Crippen molar-refractivity contribution < 1.29 is 14.6 Å². The van der Waals surface area contributed by atoms with Crippen LogP contribution in [0.1, 0.15) is 34.8 Å². The molecule has 6 heteroatoms. The highest BCUT2D eigenvalue weighted by atomic mass is 16.5. The molecule has 0 spiro atoms. The van der Waals surface area contributed by atoms with Crippen molar-refractivity contribution >= 4 is 28.2 Å². The second-order valence-electron chi connectivity index (χ2n) is 8.90. The van der Waals surface area contributed by atoms with Gasteiger partial charge in [-0.1, -0.05) is 42.5 Å². The van der Waals surface area contributed by atoms with Crippen molar-refractivity contribution in [2.75, 3.05) is 27.2 Å². The molecule has 0 atom stereocenters. The van der Waals surface area contributed by atoms with Crippen LogP contribution in [0.25, 0.3) is 10.9 Å². The van der Waals surface area contributed by atoms with Gasteiger partial charge in [-0.3, -0.25) is 9.36 Å². The molecular formula is C29H31N3O3. The molecule has 0 bridgehead atoms. The number of rotatable bonds is 8. The second kappa shape index (κ2) is 10.6. The lowest BCUT2D eigenvalue weighted by Gasteiger charge is -2.11. The highest BCUT2D eigenvalue weighted by Gasteiger charge is 2.24. The van der Waals surface area contributed by atoms with Crippen LogP contribution in [0.5, 0.6) is 11.6 Å². The first-order valence-corrected chi connectivity index (χ1v) is 11.7. The molecule has 0 saturated carbocycles. The van der Waals surface area contributed by atoms with Gasteiger partial charge in [-0.25, -0.2) is 4.99 Å². The molecular weight excluding hydrogens is 438 g/mol. The number of benzene rings is 3. The van der Waals surface area contributed by atoms with Gasteiger partial charge in [-0.05, 0) is 63.3 Å². The van der Waals surface area contributed by atoms with Gasteiger partial charge in [-0.15, -0.1) is 0 Å². The number of hydrogen-bond acceptors (Lipinski definition) is 5. The van der Waals surface area contributed by atoms with Crippen LogP contribution < -0.4 is 4.74 Å². The molecule has 0 aliphatic rings. The summed E-state index contributed by atoms with van der Waals surface area (Å²) in [5.74, 6) is 0.421. The molecule has 0 unspecified atom stereocenters. The molecule has 0 aliphatic heterocycles. The lowest BCUT2D eigenvalue weighted by atomic mass is 10.0. The third-order valence-electron chi connectivity index (χ3n) is 5.79. The van der Waals surface area contributed by atoms with E-state index in [0.29, 0.717) is 23.4 Å². The fourth-order valence-corrected chi connectivity index (χ4v) is 4.11. The molecule has 3 aromatic carbocycles. The summed E-state index contributed by atoms with van der Waals surface area (Å²) in [4.78, 5) is 19.5. The van der Waals surface area contributed by atoms with E-state index >= 15 is 0 Å². The molecule has 1 aromatic heterocycles. The molecule has 180 valence electrons. The van der Waals surface area contributed by atoms with Crippen LogP contribution >= 0.6 is 0 Å². The average Bonchev–Trinajstić information content (AvgIpc) is 3.12. The number of carbonyl (C=O) groups excluding carboxylic acids is 1. The number of aliphatic imine (C=N–C) groups is 1. The van der Waals surface area contributed by atoms with Gasteiger partial charge in [0.2, 0.25) is 11.8 Å². The van der Waals surface area contributed by atoms with Gasteiger partial charge in [0.15, 0.2) is 0 Å². The number of nitrogens with zero attached hydrogens (tertiary/aromatic N) is 3. The third kappa shape index (κ3) is 5.44.